The van der Waals surface area contributed by atoms with Crippen molar-refractivity contribution >= 4 is 52.0 Å². The highest BCUT2D eigenvalue weighted by molar-refractivity contribution is 14.1. The van der Waals surface area contributed by atoms with Gasteiger partial charge in [-0.25, -0.2) is 0 Å². The molecule has 1 aromatic carbocycles. The molecule has 1 unspecified atom stereocenters. The SMILES string of the molecule is O=C(NCC1CSCCS1)c1ccccc1I. The Morgan fingerprint density at radius 2 is 2.24 bits per heavy atom. The Labute approximate surface area is 124 Å². The summed E-state index contributed by atoms with van der Waals surface area (Å²) in [6, 6.07) is 7.69. The molecule has 0 radical (unpaired) electrons. The van der Waals surface area contributed by atoms with Gasteiger partial charge in [-0.2, -0.15) is 23.5 Å². The summed E-state index contributed by atoms with van der Waals surface area (Å²) in [5, 5.41) is 3.60. The molecule has 1 aliphatic rings. The second-order valence-corrected chi connectivity index (χ2v) is 7.48. The van der Waals surface area contributed by atoms with E-state index in [0.29, 0.717) is 5.25 Å². The van der Waals surface area contributed by atoms with E-state index >= 15 is 0 Å². The molecule has 1 saturated heterocycles. The van der Waals surface area contributed by atoms with Crippen LogP contribution in [0.3, 0.4) is 0 Å². The first-order valence-electron chi connectivity index (χ1n) is 5.49. The maximum atomic E-state index is 12.0. The molecule has 0 aromatic heterocycles. The van der Waals surface area contributed by atoms with Gasteiger partial charge >= 0.3 is 0 Å². The van der Waals surface area contributed by atoms with Crippen molar-refractivity contribution in [3.05, 3.63) is 33.4 Å². The molecule has 0 aliphatic carbocycles. The lowest BCUT2D eigenvalue weighted by Crippen LogP contribution is -2.33. The topological polar surface area (TPSA) is 29.1 Å². The summed E-state index contributed by atoms with van der Waals surface area (Å²) in [4.78, 5) is 12.0. The summed E-state index contributed by atoms with van der Waals surface area (Å²) in [7, 11) is 0. The number of nitrogens with one attached hydrogen (secondary N) is 1. The Morgan fingerprint density at radius 1 is 1.41 bits per heavy atom. The largest absolute Gasteiger partial charge is 0.351 e. The Morgan fingerprint density at radius 3 is 2.94 bits per heavy atom. The first-order valence-corrected chi connectivity index (χ1v) is 8.77. The molecule has 5 heteroatoms. The minimum Gasteiger partial charge on any atom is -0.351 e. The van der Waals surface area contributed by atoms with E-state index in [2.05, 4.69) is 27.9 Å². The normalized spacial score (nSPS) is 19.9. The summed E-state index contributed by atoms with van der Waals surface area (Å²) in [5.41, 5.74) is 0.779. The van der Waals surface area contributed by atoms with E-state index in [4.69, 9.17) is 0 Å². The molecular weight excluding hydrogens is 365 g/mol. The van der Waals surface area contributed by atoms with Crippen LogP contribution in [0.1, 0.15) is 10.4 Å². The van der Waals surface area contributed by atoms with Gasteiger partial charge in [0.2, 0.25) is 0 Å². The molecular formula is C12H14INOS2. The van der Waals surface area contributed by atoms with Crippen LogP contribution in [0.15, 0.2) is 24.3 Å². The maximum Gasteiger partial charge on any atom is 0.252 e. The van der Waals surface area contributed by atoms with Crippen LogP contribution in [-0.4, -0.2) is 35.0 Å². The first kappa shape index (κ1) is 13.5. The Hall–Kier alpha value is 0.120. The van der Waals surface area contributed by atoms with Crippen molar-refractivity contribution in [3.8, 4) is 0 Å². The molecule has 0 bridgehead atoms. The number of carbonyl (C=O) groups excluding carboxylic acids is 1. The molecule has 0 saturated carbocycles. The van der Waals surface area contributed by atoms with Gasteiger partial charge in [-0.1, -0.05) is 12.1 Å². The highest BCUT2D eigenvalue weighted by atomic mass is 127. The molecule has 1 heterocycles. The molecule has 1 aromatic rings. The summed E-state index contributed by atoms with van der Waals surface area (Å²) in [5.74, 6) is 3.64. The van der Waals surface area contributed by atoms with Crippen molar-refractivity contribution in [2.24, 2.45) is 0 Å². The van der Waals surface area contributed by atoms with Gasteiger partial charge < -0.3 is 5.32 Å². The highest BCUT2D eigenvalue weighted by Crippen LogP contribution is 2.23. The number of rotatable bonds is 3. The monoisotopic (exact) mass is 379 g/mol. The van der Waals surface area contributed by atoms with Crippen LogP contribution < -0.4 is 5.32 Å². The fourth-order valence-corrected chi connectivity index (χ4v) is 4.85. The van der Waals surface area contributed by atoms with Crippen LogP contribution in [-0.2, 0) is 0 Å². The maximum absolute atomic E-state index is 12.0. The third kappa shape index (κ3) is 4.06. The van der Waals surface area contributed by atoms with Crippen molar-refractivity contribution in [2.45, 2.75) is 5.25 Å². The van der Waals surface area contributed by atoms with E-state index in [9.17, 15) is 4.79 Å². The van der Waals surface area contributed by atoms with Gasteiger partial charge in [0, 0.05) is 32.6 Å². The molecule has 2 nitrogen and oxygen atoms in total. The van der Waals surface area contributed by atoms with Gasteiger partial charge in [0.05, 0.1) is 5.56 Å². The van der Waals surface area contributed by atoms with Gasteiger partial charge in [0.25, 0.3) is 5.91 Å². The molecule has 1 fully saturated rings. The number of hydrogen-bond donors (Lipinski definition) is 1. The molecule has 2 rings (SSSR count). The van der Waals surface area contributed by atoms with Crippen LogP contribution in [0.5, 0.6) is 0 Å². The van der Waals surface area contributed by atoms with Crippen LogP contribution >= 0.6 is 46.1 Å². The minimum absolute atomic E-state index is 0.0474. The lowest BCUT2D eigenvalue weighted by Gasteiger charge is -2.21. The molecule has 1 atom stereocenters. The summed E-state index contributed by atoms with van der Waals surface area (Å²) in [6.45, 7) is 0.779. The smallest absolute Gasteiger partial charge is 0.252 e. The average molecular weight is 379 g/mol. The lowest BCUT2D eigenvalue weighted by atomic mass is 10.2. The van der Waals surface area contributed by atoms with E-state index in [1.54, 1.807) is 0 Å². The lowest BCUT2D eigenvalue weighted by molar-refractivity contribution is 0.0953. The minimum atomic E-state index is 0.0474. The molecule has 1 aliphatic heterocycles. The van der Waals surface area contributed by atoms with E-state index < -0.39 is 0 Å². The van der Waals surface area contributed by atoms with Gasteiger partial charge in [0.1, 0.15) is 0 Å². The Kier molecular flexibility index (Phi) is 5.49. The number of amides is 1. The average Bonchev–Trinajstić information content (AvgIpc) is 2.38. The predicted molar refractivity (Wildman–Crippen MR) is 85.1 cm³/mol. The summed E-state index contributed by atoms with van der Waals surface area (Å²) in [6.07, 6.45) is 0. The second kappa shape index (κ2) is 6.89. The predicted octanol–water partition coefficient (Wildman–Crippen LogP) is 2.87. The van der Waals surface area contributed by atoms with Crippen molar-refractivity contribution in [1.29, 1.82) is 0 Å². The highest BCUT2D eigenvalue weighted by Gasteiger charge is 2.16. The van der Waals surface area contributed by atoms with E-state index in [0.717, 1.165) is 21.4 Å². The molecule has 0 spiro atoms. The van der Waals surface area contributed by atoms with Crippen LogP contribution in [0, 0.1) is 3.57 Å². The zero-order chi connectivity index (χ0) is 12.1. The third-order valence-corrected chi connectivity index (χ3v) is 6.28. The second-order valence-electron chi connectivity index (χ2n) is 3.76. The van der Waals surface area contributed by atoms with E-state index in [-0.39, 0.29) is 5.91 Å². The Bertz CT molecular complexity index is 394. The van der Waals surface area contributed by atoms with Crippen LogP contribution in [0.4, 0.5) is 0 Å². The number of halogens is 1. The summed E-state index contributed by atoms with van der Waals surface area (Å²) < 4.78 is 1.01. The first-order chi connectivity index (χ1) is 8.27. The van der Waals surface area contributed by atoms with Gasteiger partial charge in [-0.05, 0) is 34.7 Å². The number of benzene rings is 1. The Balaban J connectivity index is 1.87. The van der Waals surface area contributed by atoms with Crippen molar-refractivity contribution in [3.63, 3.8) is 0 Å². The van der Waals surface area contributed by atoms with Gasteiger partial charge in [-0.15, -0.1) is 0 Å². The van der Waals surface area contributed by atoms with Gasteiger partial charge in [-0.3, -0.25) is 4.79 Å². The third-order valence-electron chi connectivity index (χ3n) is 2.49. The fourth-order valence-electron chi connectivity index (χ4n) is 1.60. The van der Waals surface area contributed by atoms with Crippen molar-refractivity contribution in [1.82, 2.24) is 5.32 Å². The quantitative estimate of drug-likeness (QED) is 0.819. The standard InChI is InChI=1S/C12H14INOS2/c13-11-4-2-1-3-10(11)12(15)14-7-9-8-16-5-6-17-9/h1-4,9H,5-8H2,(H,14,15). The number of carbonyl (C=O) groups is 1. The van der Waals surface area contributed by atoms with Gasteiger partial charge in [0.15, 0.2) is 0 Å². The van der Waals surface area contributed by atoms with Crippen molar-refractivity contribution in [2.75, 3.05) is 23.8 Å². The number of hydrogen-bond acceptors (Lipinski definition) is 3. The molecule has 1 amide bonds. The number of thioether (sulfide) groups is 2. The van der Waals surface area contributed by atoms with E-state index in [1.807, 2.05) is 47.8 Å². The van der Waals surface area contributed by atoms with Crippen LogP contribution in [0.2, 0.25) is 0 Å². The summed E-state index contributed by atoms with van der Waals surface area (Å²) >= 11 is 6.15. The molecule has 1 N–H and O–H groups in total. The zero-order valence-electron chi connectivity index (χ0n) is 9.32. The van der Waals surface area contributed by atoms with E-state index in [1.165, 1.54) is 11.5 Å². The molecule has 17 heavy (non-hydrogen) atoms. The van der Waals surface area contributed by atoms with Crippen molar-refractivity contribution < 1.29 is 4.79 Å². The zero-order valence-corrected chi connectivity index (χ0v) is 13.1. The van der Waals surface area contributed by atoms with Crippen LogP contribution in [0.25, 0.3) is 0 Å². The molecule has 92 valence electrons. The fraction of sp³-hybridized carbons (Fsp3) is 0.417.